The molecule has 1 N–H and O–H groups in total. The van der Waals surface area contributed by atoms with E-state index in [1.165, 1.54) is 14.2 Å². The Balaban J connectivity index is 3.02. The molecule has 0 heterocycles. The zero-order valence-electron chi connectivity index (χ0n) is 13.6. The summed E-state index contributed by atoms with van der Waals surface area (Å²) in [6.45, 7) is 5.89. The number of nitrogens with one attached hydrogen (secondary N) is 1. The first-order chi connectivity index (χ1) is 10.2. The molecule has 0 spiro atoms. The first-order valence-electron chi connectivity index (χ1n) is 7.15. The summed E-state index contributed by atoms with van der Waals surface area (Å²) < 4.78 is 51.2. The molecule has 1 rings (SSSR count). The van der Waals surface area contributed by atoms with Crippen LogP contribution in [-0.2, 0) is 10.0 Å². The van der Waals surface area contributed by atoms with Gasteiger partial charge in [0.15, 0.2) is 11.5 Å². The number of hydrogen-bond acceptors (Lipinski definition) is 4. The largest absolute Gasteiger partial charge is 0.493 e. The fraction of sp³-hybridized carbons (Fsp3) is 0.600. The van der Waals surface area contributed by atoms with Gasteiger partial charge in [-0.05, 0) is 25.7 Å². The molecule has 1 aromatic carbocycles. The third-order valence-electron chi connectivity index (χ3n) is 3.26. The number of sulfonamides is 1. The van der Waals surface area contributed by atoms with E-state index in [0.717, 1.165) is 18.6 Å². The molecule has 7 heteroatoms. The Morgan fingerprint density at radius 2 is 1.64 bits per heavy atom. The molecule has 5 nitrogen and oxygen atoms in total. The molecule has 0 saturated carbocycles. The van der Waals surface area contributed by atoms with E-state index in [1.807, 2.05) is 0 Å². The van der Waals surface area contributed by atoms with Gasteiger partial charge in [-0.1, -0.05) is 13.8 Å². The second-order valence-corrected chi connectivity index (χ2v) is 7.31. The van der Waals surface area contributed by atoms with Crippen molar-refractivity contribution in [1.29, 1.82) is 0 Å². The van der Waals surface area contributed by atoms with E-state index in [0.29, 0.717) is 12.3 Å². The van der Waals surface area contributed by atoms with Crippen molar-refractivity contribution in [3.05, 3.63) is 17.9 Å². The van der Waals surface area contributed by atoms with Crippen LogP contribution in [0.4, 0.5) is 4.39 Å². The zero-order valence-corrected chi connectivity index (χ0v) is 14.5. The summed E-state index contributed by atoms with van der Waals surface area (Å²) >= 11 is 0. The molecule has 0 fully saturated rings. The lowest BCUT2D eigenvalue weighted by molar-refractivity contribution is 0.350. The van der Waals surface area contributed by atoms with Crippen molar-refractivity contribution in [2.75, 3.05) is 14.2 Å². The minimum atomic E-state index is -3.96. The third kappa shape index (κ3) is 4.84. The molecule has 0 aliphatic rings. The van der Waals surface area contributed by atoms with Gasteiger partial charge in [0.1, 0.15) is 10.7 Å². The van der Waals surface area contributed by atoms with E-state index in [4.69, 9.17) is 9.47 Å². The first kappa shape index (κ1) is 18.7. The fourth-order valence-corrected chi connectivity index (χ4v) is 3.36. The van der Waals surface area contributed by atoms with Gasteiger partial charge in [-0.3, -0.25) is 0 Å². The quantitative estimate of drug-likeness (QED) is 0.794. The van der Waals surface area contributed by atoms with E-state index in [2.05, 4.69) is 18.6 Å². The van der Waals surface area contributed by atoms with Gasteiger partial charge in [0.05, 0.1) is 14.2 Å². The molecule has 0 radical (unpaired) electrons. The van der Waals surface area contributed by atoms with Crippen LogP contribution in [0, 0.1) is 11.7 Å². The highest BCUT2D eigenvalue weighted by Crippen LogP contribution is 2.31. The maximum absolute atomic E-state index is 14.1. The summed E-state index contributed by atoms with van der Waals surface area (Å²) in [7, 11) is -1.23. The van der Waals surface area contributed by atoms with Crippen molar-refractivity contribution >= 4 is 10.0 Å². The molecule has 0 aliphatic carbocycles. The van der Waals surface area contributed by atoms with Gasteiger partial charge in [-0.25, -0.2) is 17.5 Å². The van der Waals surface area contributed by atoms with E-state index < -0.39 is 20.7 Å². The van der Waals surface area contributed by atoms with E-state index in [9.17, 15) is 12.8 Å². The smallest absolute Gasteiger partial charge is 0.243 e. The molecule has 0 amide bonds. The van der Waals surface area contributed by atoms with Crippen molar-refractivity contribution in [2.24, 2.45) is 5.92 Å². The first-order valence-corrected chi connectivity index (χ1v) is 8.63. The predicted molar refractivity (Wildman–Crippen MR) is 83.4 cm³/mol. The number of ether oxygens (including phenoxy) is 2. The number of halogens is 1. The van der Waals surface area contributed by atoms with Gasteiger partial charge >= 0.3 is 0 Å². The topological polar surface area (TPSA) is 64.6 Å². The van der Waals surface area contributed by atoms with Crippen LogP contribution in [-0.4, -0.2) is 28.7 Å². The highest BCUT2D eigenvalue weighted by atomic mass is 32.2. The summed E-state index contributed by atoms with van der Waals surface area (Å²) in [5, 5.41) is 0. The van der Waals surface area contributed by atoms with Crippen LogP contribution in [0.25, 0.3) is 0 Å². The summed E-state index contributed by atoms with van der Waals surface area (Å²) in [5.74, 6) is -0.0862. The van der Waals surface area contributed by atoms with Gasteiger partial charge in [0, 0.05) is 18.2 Å². The van der Waals surface area contributed by atoms with E-state index in [-0.39, 0.29) is 17.5 Å². The average Bonchev–Trinajstić information content (AvgIpc) is 2.43. The molecule has 22 heavy (non-hydrogen) atoms. The monoisotopic (exact) mass is 333 g/mol. The van der Waals surface area contributed by atoms with E-state index in [1.54, 1.807) is 6.92 Å². The zero-order chi connectivity index (χ0) is 16.9. The Morgan fingerprint density at radius 1 is 1.09 bits per heavy atom. The molecule has 0 saturated heterocycles. The van der Waals surface area contributed by atoms with Crippen LogP contribution in [0.2, 0.25) is 0 Å². The lowest BCUT2D eigenvalue weighted by Gasteiger charge is -2.17. The van der Waals surface area contributed by atoms with Crippen LogP contribution in [0.1, 0.15) is 33.6 Å². The van der Waals surface area contributed by atoms with Gasteiger partial charge in [-0.2, -0.15) is 0 Å². The number of hydrogen-bond donors (Lipinski definition) is 1. The van der Waals surface area contributed by atoms with Crippen molar-refractivity contribution in [1.82, 2.24) is 4.72 Å². The van der Waals surface area contributed by atoms with Crippen LogP contribution in [0.5, 0.6) is 11.5 Å². The van der Waals surface area contributed by atoms with Gasteiger partial charge in [0.2, 0.25) is 10.0 Å². The Labute approximate surface area is 131 Å². The highest BCUT2D eigenvalue weighted by Gasteiger charge is 2.24. The van der Waals surface area contributed by atoms with Crippen LogP contribution in [0.3, 0.4) is 0 Å². The Bertz CT molecular complexity index is 602. The number of methoxy groups -OCH3 is 2. The summed E-state index contributed by atoms with van der Waals surface area (Å²) in [5.41, 5.74) is 0. The maximum atomic E-state index is 14.1. The lowest BCUT2D eigenvalue weighted by Crippen LogP contribution is -2.33. The van der Waals surface area contributed by atoms with E-state index >= 15 is 0 Å². The molecule has 1 aromatic rings. The van der Waals surface area contributed by atoms with Gasteiger partial charge in [0.25, 0.3) is 0 Å². The van der Waals surface area contributed by atoms with Crippen LogP contribution >= 0.6 is 0 Å². The third-order valence-corrected chi connectivity index (χ3v) is 4.87. The minimum absolute atomic E-state index is 0.145. The molecule has 0 aromatic heterocycles. The Morgan fingerprint density at radius 3 is 2.14 bits per heavy atom. The second-order valence-electron chi connectivity index (χ2n) is 5.63. The van der Waals surface area contributed by atoms with Crippen molar-refractivity contribution in [3.8, 4) is 11.5 Å². The van der Waals surface area contributed by atoms with Crippen molar-refractivity contribution in [3.63, 3.8) is 0 Å². The Hall–Kier alpha value is -1.34. The normalized spacial score (nSPS) is 13.2. The molecule has 126 valence electrons. The average molecular weight is 333 g/mol. The molecule has 0 aliphatic heterocycles. The van der Waals surface area contributed by atoms with Crippen LogP contribution in [0.15, 0.2) is 17.0 Å². The minimum Gasteiger partial charge on any atom is -0.493 e. The van der Waals surface area contributed by atoms with Crippen LogP contribution < -0.4 is 14.2 Å². The number of rotatable bonds is 8. The maximum Gasteiger partial charge on any atom is 0.243 e. The van der Waals surface area contributed by atoms with Gasteiger partial charge < -0.3 is 9.47 Å². The molecule has 1 atom stereocenters. The molecule has 1 unspecified atom stereocenters. The van der Waals surface area contributed by atoms with Crippen molar-refractivity contribution in [2.45, 2.75) is 44.6 Å². The standard InChI is InChI=1S/C15H24FNO4S/c1-10(2)6-7-11(3)17-22(18,19)15-9-14(21-5)13(20-4)8-12(15)16/h8-11,17H,6-7H2,1-5H3. The molecular weight excluding hydrogens is 309 g/mol. The van der Waals surface area contributed by atoms with Crippen molar-refractivity contribution < 1.29 is 22.3 Å². The summed E-state index contributed by atoms with van der Waals surface area (Å²) in [6, 6.07) is 1.86. The molecular formula is C15H24FNO4S. The highest BCUT2D eigenvalue weighted by molar-refractivity contribution is 7.89. The van der Waals surface area contributed by atoms with Gasteiger partial charge in [-0.15, -0.1) is 0 Å². The summed E-state index contributed by atoms with van der Waals surface area (Å²) in [6.07, 6.45) is 1.57. The SMILES string of the molecule is COc1cc(F)c(S(=O)(=O)NC(C)CCC(C)C)cc1OC. The molecule has 0 bridgehead atoms. The predicted octanol–water partition coefficient (Wildman–Crippen LogP) is 2.95. The number of benzene rings is 1. The fourth-order valence-electron chi connectivity index (χ4n) is 2.01. The Kier molecular flexibility index (Phi) is 6.62. The summed E-state index contributed by atoms with van der Waals surface area (Å²) in [4.78, 5) is -0.443. The lowest BCUT2D eigenvalue weighted by atomic mass is 10.1. The second kappa shape index (κ2) is 7.78.